The minimum atomic E-state index is -0.970. The average molecular weight is 439 g/mol. The summed E-state index contributed by atoms with van der Waals surface area (Å²) in [6.45, 7) is 0.267. The van der Waals surface area contributed by atoms with E-state index in [0.717, 1.165) is 11.3 Å². The molecular formula is C26H21N3O4. The SMILES string of the molecule is O=C(O)c1ccc(COc2ccccc2/C=N/NC(=O)c2cccc(-n3cccc3)c2)cc1. The molecule has 1 heterocycles. The minimum absolute atomic E-state index is 0.223. The van der Waals surface area contributed by atoms with Crippen LogP contribution in [0, 0.1) is 0 Å². The molecule has 4 aromatic rings. The molecule has 0 aliphatic rings. The molecule has 0 atom stereocenters. The van der Waals surface area contributed by atoms with Gasteiger partial charge in [0.15, 0.2) is 0 Å². The van der Waals surface area contributed by atoms with E-state index in [4.69, 9.17) is 9.84 Å². The third-order valence-corrected chi connectivity index (χ3v) is 4.89. The van der Waals surface area contributed by atoms with Crippen molar-refractivity contribution in [2.45, 2.75) is 6.61 Å². The standard InChI is InChI=1S/C26H21N3O4/c30-25(21-7-5-8-23(16-21)29-14-3-4-15-29)28-27-17-22-6-1-2-9-24(22)33-18-19-10-12-20(13-11-19)26(31)32/h1-17H,18H2,(H,28,30)(H,31,32)/b27-17+. The number of para-hydroxylation sites is 1. The van der Waals surface area contributed by atoms with Crippen LogP contribution < -0.4 is 10.2 Å². The van der Waals surface area contributed by atoms with Crippen LogP contribution in [0.1, 0.15) is 31.8 Å². The Morgan fingerprint density at radius 3 is 2.42 bits per heavy atom. The lowest BCUT2D eigenvalue weighted by Crippen LogP contribution is -2.17. The Labute approximate surface area is 190 Å². The van der Waals surface area contributed by atoms with Crippen LogP contribution in [-0.2, 0) is 6.61 Å². The largest absolute Gasteiger partial charge is 0.488 e. The number of hydrogen-bond acceptors (Lipinski definition) is 4. The first-order chi connectivity index (χ1) is 16.1. The fraction of sp³-hybridized carbons (Fsp3) is 0.0385. The predicted molar refractivity (Wildman–Crippen MR) is 125 cm³/mol. The zero-order chi connectivity index (χ0) is 23.0. The van der Waals surface area contributed by atoms with Gasteiger partial charge in [-0.15, -0.1) is 0 Å². The number of carboxylic acids is 1. The highest BCUT2D eigenvalue weighted by atomic mass is 16.5. The van der Waals surface area contributed by atoms with E-state index in [9.17, 15) is 9.59 Å². The van der Waals surface area contributed by atoms with Crippen molar-refractivity contribution in [1.29, 1.82) is 0 Å². The second-order valence-electron chi connectivity index (χ2n) is 7.17. The first kappa shape index (κ1) is 21.6. The predicted octanol–water partition coefficient (Wildman–Crippen LogP) is 4.52. The smallest absolute Gasteiger partial charge is 0.335 e. The third-order valence-electron chi connectivity index (χ3n) is 4.89. The van der Waals surface area contributed by atoms with E-state index in [1.54, 1.807) is 30.3 Å². The normalized spacial score (nSPS) is 10.8. The molecule has 3 aromatic carbocycles. The van der Waals surface area contributed by atoms with Gasteiger partial charge in [0.2, 0.25) is 0 Å². The molecule has 0 saturated heterocycles. The highest BCUT2D eigenvalue weighted by Crippen LogP contribution is 2.18. The number of nitrogens with one attached hydrogen (secondary N) is 1. The van der Waals surface area contributed by atoms with Crippen LogP contribution in [-0.4, -0.2) is 27.8 Å². The van der Waals surface area contributed by atoms with Gasteiger partial charge in [0.1, 0.15) is 12.4 Å². The number of nitrogens with zero attached hydrogens (tertiary/aromatic N) is 2. The first-order valence-electron chi connectivity index (χ1n) is 10.2. The maximum absolute atomic E-state index is 12.5. The molecule has 0 spiro atoms. The fourth-order valence-corrected chi connectivity index (χ4v) is 3.16. The number of aromatic carboxylic acids is 1. The van der Waals surface area contributed by atoms with Crippen molar-refractivity contribution >= 4 is 18.1 Å². The van der Waals surface area contributed by atoms with Gasteiger partial charge in [-0.05, 0) is 60.2 Å². The summed E-state index contributed by atoms with van der Waals surface area (Å²) in [6, 6.07) is 24.9. The van der Waals surface area contributed by atoms with Crippen LogP contribution in [0.3, 0.4) is 0 Å². The number of ether oxygens (including phenoxy) is 1. The quantitative estimate of drug-likeness (QED) is 0.312. The Balaban J connectivity index is 1.39. The van der Waals surface area contributed by atoms with Gasteiger partial charge >= 0.3 is 5.97 Å². The third kappa shape index (κ3) is 5.54. The van der Waals surface area contributed by atoms with E-state index in [2.05, 4.69) is 10.5 Å². The summed E-state index contributed by atoms with van der Waals surface area (Å²) in [5.41, 5.74) is 5.68. The maximum Gasteiger partial charge on any atom is 0.335 e. The topological polar surface area (TPSA) is 92.9 Å². The van der Waals surface area contributed by atoms with Gasteiger partial charge in [-0.2, -0.15) is 5.10 Å². The molecule has 2 N–H and O–H groups in total. The zero-order valence-electron chi connectivity index (χ0n) is 17.6. The van der Waals surface area contributed by atoms with Gasteiger partial charge in [-0.1, -0.05) is 30.3 Å². The summed E-state index contributed by atoms with van der Waals surface area (Å²) in [5, 5.41) is 13.1. The number of carbonyl (C=O) groups is 2. The Kier molecular flexibility index (Phi) is 6.61. The average Bonchev–Trinajstić information content (AvgIpc) is 3.39. The van der Waals surface area contributed by atoms with Crippen LogP contribution in [0.4, 0.5) is 0 Å². The fourth-order valence-electron chi connectivity index (χ4n) is 3.16. The lowest BCUT2D eigenvalue weighted by atomic mass is 10.1. The molecular weight excluding hydrogens is 418 g/mol. The molecule has 7 nitrogen and oxygen atoms in total. The number of aromatic nitrogens is 1. The van der Waals surface area contributed by atoms with Crippen LogP contribution in [0.25, 0.3) is 5.69 Å². The van der Waals surface area contributed by atoms with E-state index >= 15 is 0 Å². The first-order valence-corrected chi connectivity index (χ1v) is 10.2. The molecule has 33 heavy (non-hydrogen) atoms. The summed E-state index contributed by atoms with van der Waals surface area (Å²) in [7, 11) is 0. The Morgan fingerprint density at radius 1 is 0.909 bits per heavy atom. The molecule has 0 unspecified atom stereocenters. The molecule has 1 aromatic heterocycles. The number of carboxylic acid groups (broad SMARTS) is 1. The second-order valence-corrected chi connectivity index (χ2v) is 7.17. The molecule has 0 saturated carbocycles. The van der Waals surface area contributed by atoms with Crippen molar-refractivity contribution < 1.29 is 19.4 Å². The summed E-state index contributed by atoms with van der Waals surface area (Å²) in [5.74, 6) is -0.702. The van der Waals surface area contributed by atoms with E-state index in [1.165, 1.54) is 18.3 Å². The highest BCUT2D eigenvalue weighted by molar-refractivity contribution is 5.95. The summed E-state index contributed by atoms with van der Waals surface area (Å²) < 4.78 is 7.79. The Morgan fingerprint density at radius 2 is 1.67 bits per heavy atom. The van der Waals surface area contributed by atoms with Gasteiger partial charge < -0.3 is 14.4 Å². The van der Waals surface area contributed by atoms with E-state index in [0.29, 0.717) is 16.9 Å². The Bertz CT molecular complexity index is 1280. The molecule has 164 valence electrons. The Hall–Kier alpha value is -4.65. The molecule has 0 aliphatic carbocycles. The summed E-state index contributed by atoms with van der Waals surface area (Å²) >= 11 is 0. The summed E-state index contributed by atoms with van der Waals surface area (Å²) in [6.07, 6.45) is 5.34. The highest BCUT2D eigenvalue weighted by Gasteiger charge is 2.07. The van der Waals surface area contributed by atoms with Crippen LogP contribution in [0.15, 0.2) is 102 Å². The molecule has 0 bridgehead atoms. The van der Waals surface area contributed by atoms with Crippen molar-refractivity contribution in [3.8, 4) is 11.4 Å². The molecule has 0 radical (unpaired) electrons. The van der Waals surface area contributed by atoms with Gasteiger partial charge in [0.05, 0.1) is 11.8 Å². The maximum atomic E-state index is 12.5. The number of rotatable bonds is 8. The number of carbonyl (C=O) groups excluding carboxylic acids is 1. The number of benzene rings is 3. The molecule has 0 aliphatic heterocycles. The lowest BCUT2D eigenvalue weighted by Gasteiger charge is -2.09. The van der Waals surface area contributed by atoms with Gasteiger partial charge in [0, 0.05) is 29.2 Å². The van der Waals surface area contributed by atoms with E-state index in [1.807, 2.05) is 59.4 Å². The lowest BCUT2D eigenvalue weighted by molar-refractivity contribution is 0.0696. The molecule has 0 fully saturated rings. The van der Waals surface area contributed by atoms with Crippen molar-refractivity contribution in [3.05, 3.63) is 120 Å². The van der Waals surface area contributed by atoms with E-state index in [-0.39, 0.29) is 18.1 Å². The van der Waals surface area contributed by atoms with Crippen LogP contribution in [0.2, 0.25) is 0 Å². The van der Waals surface area contributed by atoms with Crippen molar-refractivity contribution in [3.63, 3.8) is 0 Å². The minimum Gasteiger partial charge on any atom is -0.488 e. The number of hydrogen-bond donors (Lipinski definition) is 2. The zero-order valence-corrected chi connectivity index (χ0v) is 17.6. The molecule has 7 heteroatoms. The van der Waals surface area contributed by atoms with Gasteiger partial charge in [0.25, 0.3) is 5.91 Å². The number of amides is 1. The number of hydrazone groups is 1. The van der Waals surface area contributed by atoms with Crippen molar-refractivity contribution in [2.75, 3.05) is 0 Å². The van der Waals surface area contributed by atoms with Crippen molar-refractivity contribution in [1.82, 2.24) is 9.99 Å². The second kappa shape index (κ2) is 10.1. The molecule has 4 rings (SSSR count). The van der Waals surface area contributed by atoms with Crippen LogP contribution in [0.5, 0.6) is 5.75 Å². The van der Waals surface area contributed by atoms with Gasteiger partial charge in [-0.25, -0.2) is 10.2 Å². The van der Waals surface area contributed by atoms with Crippen molar-refractivity contribution in [2.24, 2.45) is 5.10 Å². The van der Waals surface area contributed by atoms with Crippen LogP contribution >= 0.6 is 0 Å². The van der Waals surface area contributed by atoms with E-state index < -0.39 is 5.97 Å². The molecule has 1 amide bonds. The summed E-state index contributed by atoms with van der Waals surface area (Å²) in [4.78, 5) is 23.5. The van der Waals surface area contributed by atoms with Gasteiger partial charge in [-0.3, -0.25) is 4.79 Å². The monoisotopic (exact) mass is 439 g/mol.